The van der Waals surface area contributed by atoms with Crippen LogP contribution >= 0.6 is 11.6 Å². The number of amides is 1. The van der Waals surface area contributed by atoms with Gasteiger partial charge in [-0.3, -0.25) is 4.79 Å². The Morgan fingerprint density at radius 1 is 1.40 bits per heavy atom. The predicted octanol–water partition coefficient (Wildman–Crippen LogP) is 2.58. The van der Waals surface area contributed by atoms with Crippen LogP contribution in [0.1, 0.15) is 43.6 Å². The highest BCUT2D eigenvalue weighted by atomic mass is 35.5. The molecule has 3 atom stereocenters. The molecule has 1 aliphatic carbocycles. The Morgan fingerprint density at radius 3 is 2.85 bits per heavy atom. The lowest BCUT2D eigenvalue weighted by molar-refractivity contribution is 0.0886. The summed E-state index contributed by atoms with van der Waals surface area (Å²) in [6.45, 7) is 4.41. The fourth-order valence-electron chi connectivity index (χ4n) is 2.70. The molecular formula is C14H21ClN4O. The van der Waals surface area contributed by atoms with Crippen molar-refractivity contribution in [1.29, 1.82) is 0 Å². The lowest BCUT2D eigenvalue weighted by Gasteiger charge is -2.34. The summed E-state index contributed by atoms with van der Waals surface area (Å²) in [4.78, 5) is 16.4. The van der Waals surface area contributed by atoms with Crippen LogP contribution in [0.3, 0.4) is 0 Å². The minimum absolute atomic E-state index is 0.179. The van der Waals surface area contributed by atoms with E-state index in [0.29, 0.717) is 22.7 Å². The molecule has 1 fully saturated rings. The number of carbonyl (C=O) groups is 1. The van der Waals surface area contributed by atoms with E-state index < -0.39 is 0 Å². The van der Waals surface area contributed by atoms with Gasteiger partial charge in [0, 0.05) is 6.04 Å². The van der Waals surface area contributed by atoms with Crippen LogP contribution in [0.5, 0.6) is 0 Å². The summed E-state index contributed by atoms with van der Waals surface area (Å²) >= 11 is 6.04. The minimum atomic E-state index is -0.238. The van der Waals surface area contributed by atoms with Crippen molar-refractivity contribution in [3.8, 4) is 0 Å². The van der Waals surface area contributed by atoms with Crippen LogP contribution in [0.15, 0.2) is 12.1 Å². The molecular weight excluding hydrogens is 276 g/mol. The summed E-state index contributed by atoms with van der Waals surface area (Å²) in [5.41, 5.74) is 2.63. The Bertz CT molecular complexity index is 494. The van der Waals surface area contributed by atoms with E-state index in [-0.39, 0.29) is 17.6 Å². The van der Waals surface area contributed by atoms with E-state index in [1.54, 1.807) is 12.1 Å². The lowest BCUT2D eigenvalue weighted by atomic mass is 9.78. The highest BCUT2D eigenvalue weighted by Gasteiger charge is 2.29. The molecule has 1 amide bonds. The average Bonchev–Trinajstić information content (AvgIpc) is 2.44. The first-order valence-corrected chi connectivity index (χ1v) is 7.34. The van der Waals surface area contributed by atoms with Gasteiger partial charge in [-0.05, 0) is 30.4 Å². The topological polar surface area (TPSA) is 80.0 Å². The summed E-state index contributed by atoms with van der Waals surface area (Å²) in [6.07, 6.45) is 3.37. The third-order valence-electron chi connectivity index (χ3n) is 4.23. The molecule has 0 spiro atoms. The zero-order valence-corrected chi connectivity index (χ0v) is 12.6. The van der Waals surface area contributed by atoms with Gasteiger partial charge in [0.15, 0.2) is 0 Å². The van der Waals surface area contributed by atoms with Crippen molar-refractivity contribution in [2.75, 3.05) is 5.43 Å². The Kier molecular flexibility index (Phi) is 4.83. The molecule has 1 aromatic heterocycles. The zero-order valence-electron chi connectivity index (χ0n) is 11.8. The van der Waals surface area contributed by atoms with E-state index in [9.17, 15) is 4.79 Å². The van der Waals surface area contributed by atoms with Crippen molar-refractivity contribution in [1.82, 2.24) is 10.3 Å². The van der Waals surface area contributed by atoms with Crippen molar-refractivity contribution in [2.45, 2.75) is 39.2 Å². The van der Waals surface area contributed by atoms with Gasteiger partial charge in [0.2, 0.25) is 0 Å². The Balaban J connectivity index is 2.11. The number of rotatable bonds is 3. The number of anilines is 1. The Hall–Kier alpha value is -1.33. The molecule has 0 aromatic carbocycles. The number of hydrazine groups is 1. The summed E-state index contributed by atoms with van der Waals surface area (Å²) < 4.78 is 0. The molecule has 4 N–H and O–H groups in total. The molecule has 3 unspecified atom stereocenters. The molecule has 0 saturated heterocycles. The van der Waals surface area contributed by atoms with E-state index in [1.165, 1.54) is 6.42 Å². The molecule has 1 aliphatic rings. The number of hydrogen-bond donors (Lipinski definition) is 3. The number of hydrogen-bond acceptors (Lipinski definition) is 4. The maximum Gasteiger partial charge on any atom is 0.271 e. The molecule has 1 saturated carbocycles. The standard InChI is InChI=1S/C14H21ClN4O/c1-8-4-3-5-11(9(8)2)17-14(20)13-10(15)6-7-12(18-13)19-16/h6-9,11H,3-5,16H2,1-2H3,(H,17,20)(H,18,19). The number of pyridine rings is 1. The fraction of sp³-hybridized carbons (Fsp3) is 0.571. The van der Waals surface area contributed by atoms with Crippen LogP contribution in [-0.2, 0) is 0 Å². The van der Waals surface area contributed by atoms with E-state index in [0.717, 1.165) is 12.8 Å². The van der Waals surface area contributed by atoms with Crippen LogP contribution in [0.4, 0.5) is 5.82 Å². The summed E-state index contributed by atoms with van der Waals surface area (Å²) in [5, 5.41) is 3.38. The van der Waals surface area contributed by atoms with Gasteiger partial charge in [0.1, 0.15) is 11.5 Å². The molecule has 1 heterocycles. The van der Waals surface area contributed by atoms with Crippen LogP contribution in [0.25, 0.3) is 0 Å². The highest BCUT2D eigenvalue weighted by molar-refractivity contribution is 6.33. The fourth-order valence-corrected chi connectivity index (χ4v) is 2.90. The first-order valence-electron chi connectivity index (χ1n) is 6.97. The molecule has 5 nitrogen and oxygen atoms in total. The van der Waals surface area contributed by atoms with Crippen molar-refractivity contribution < 1.29 is 4.79 Å². The van der Waals surface area contributed by atoms with E-state index >= 15 is 0 Å². The molecule has 2 rings (SSSR count). The molecule has 0 bridgehead atoms. The smallest absolute Gasteiger partial charge is 0.271 e. The number of nitrogens with two attached hydrogens (primary N) is 1. The van der Waals surface area contributed by atoms with Gasteiger partial charge in [-0.2, -0.15) is 0 Å². The number of halogens is 1. The van der Waals surface area contributed by atoms with Gasteiger partial charge in [0.05, 0.1) is 5.02 Å². The molecule has 6 heteroatoms. The van der Waals surface area contributed by atoms with Crippen molar-refractivity contribution in [3.05, 3.63) is 22.8 Å². The summed E-state index contributed by atoms with van der Waals surface area (Å²) in [6, 6.07) is 3.43. The van der Waals surface area contributed by atoms with Crippen LogP contribution in [0, 0.1) is 11.8 Å². The van der Waals surface area contributed by atoms with E-state index in [2.05, 4.69) is 29.6 Å². The molecule has 20 heavy (non-hydrogen) atoms. The van der Waals surface area contributed by atoms with Gasteiger partial charge in [-0.25, -0.2) is 10.8 Å². The normalized spacial score (nSPS) is 26.1. The van der Waals surface area contributed by atoms with Crippen LogP contribution in [0.2, 0.25) is 5.02 Å². The Morgan fingerprint density at radius 2 is 2.15 bits per heavy atom. The zero-order chi connectivity index (χ0) is 14.7. The lowest BCUT2D eigenvalue weighted by Crippen LogP contribution is -2.44. The van der Waals surface area contributed by atoms with Gasteiger partial charge >= 0.3 is 0 Å². The predicted molar refractivity (Wildman–Crippen MR) is 80.5 cm³/mol. The van der Waals surface area contributed by atoms with E-state index in [4.69, 9.17) is 17.4 Å². The maximum atomic E-state index is 12.3. The minimum Gasteiger partial charge on any atom is -0.348 e. The summed E-state index contributed by atoms with van der Waals surface area (Å²) in [7, 11) is 0. The monoisotopic (exact) mass is 296 g/mol. The largest absolute Gasteiger partial charge is 0.348 e. The number of carbonyl (C=O) groups excluding carboxylic acids is 1. The third kappa shape index (κ3) is 3.22. The Labute approximate surface area is 124 Å². The van der Waals surface area contributed by atoms with Gasteiger partial charge in [0.25, 0.3) is 5.91 Å². The molecule has 1 aromatic rings. The number of nitrogens with zero attached hydrogens (tertiary/aromatic N) is 1. The quantitative estimate of drug-likeness (QED) is 0.591. The van der Waals surface area contributed by atoms with Crippen LogP contribution in [-0.4, -0.2) is 16.9 Å². The second-order valence-electron chi connectivity index (χ2n) is 5.52. The van der Waals surface area contributed by atoms with Gasteiger partial charge < -0.3 is 10.7 Å². The van der Waals surface area contributed by atoms with Crippen LogP contribution < -0.4 is 16.6 Å². The van der Waals surface area contributed by atoms with Gasteiger partial charge in [-0.15, -0.1) is 0 Å². The average molecular weight is 297 g/mol. The van der Waals surface area contributed by atoms with Gasteiger partial charge in [-0.1, -0.05) is 38.3 Å². The SMILES string of the molecule is CC1CCCC(NC(=O)c2nc(NN)ccc2Cl)C1C. The first-order chi connectivity index (χ1) is 9.52. The van der Waals surface area contributed by atoms with Crippen molar-refractivity contribution in [3.63, 3.8) is 0 Å². The van der Waals surface area contributed by atoms with E-state index in [1.807, 2.05) is 0 Å². The van der Waals surface area contributed by atoms with Crippen molar-refractivity contribution in [2.24, 2.45) is 17.7 Å². The number of aromatic nitrogens is 1. The third-order valence-corrected chi connectivity index (χ3v) is 4.54. The highest BCUT2D eigenvalue weighted by Crippen LogP contribution is 2.29. The first kappa shape index (κ1) is 15.1. The second-order valence-corrected chi connectivity index (χ2v) is 5.93. The molecule has 110 valence electrons. The molecule has 0 aliphatic heterocycles. The maximum absolute atomic E-state index is 12.3. The van der Waals surface area contributed by atoms with Crippen molar-refractivity contribution >= 4 is 23.3 Å². The summed E-state index contributed by atoms with van der Waals surface area (Å²) in [5.74, 6) is 6.57. The molecule has 0 radical (unpaired) electrons. The number of nitrogen functional groups attached to an aromatic ring is 1. The number of nitrogens with one attached hydrogen (secondary N) is 2. The second kappa shape index (κ2) is 6.41.